The molecule has 3 atom stereocenters. The fraction of sp³-hybridized carbons (Fsp3) is 0.483. The Kier molecular flexibility index (Phi) is 6.63. The van der Waals surface area contributed by atoms with Gasteiger partial charge in [0.05, 0.1) is 44.9 Å². The summed E-state index contributed by atoms with van der Waals surface area (Å²) in [4.78, 5) is 40.1. The number of carbonyl (C=O) groups is 2. The second-order valence-corrected chi connectivity index (χ2v) is 12.9. The molecule has 9 nitrogen and oxygen atoms in total. The molecule has 39 heavy (non-hydrogen) atoms. The van der Waals surface area contributed by atoms with Gasteiger partial charge in [-0.15, -0.1) is 11.3 Å². The Bertz CT molecular complexity index is 1540. The van der Waals surface area contributed by atoms with Crippen LogP contribution in [0.1, 0.15) is 69.0 Å². The van der Waals surface area contributed by atoms with Gasteiger partial charge >= 0.3 is 11.8 Å². The van der Waals surface area contributed by atoms with Crippen LogP contribution in [0.4, 0.5) is 5.69 Å². The van der Waals surface area contributed by atoms with Crippen LogP contribution in [0.25, 0.3) is 21.1 Å². The summed E-state index contributed by atoms with van der Waals surface area (Å²) in [7, 11) is 2.20. The predicted molar refractivity (Wildman–Crippen MR) is 154 cm³/mol. The summed E-state index contributed by atoms with van der Waals surface area (Å²) < 4.78 is 1.17. The van der Waals surface area contributed by atoms with Crippen molar-refractivity contribution >= 4 is 50.0 Å². The lowest BCUT2D eigenvalue weighted by Crippen LogP contribution is -2.46. The number of piperidine rings is 2. The summed E-state index contributed by atoms with van der Waals surface area (Å²) in [5.74, 6) is -0.420. The van der Waals surface area contributed by atoms with Crippen LogP contribution in [0.5, 0.6) is 0 Å². The van der Waals surface area contributed by atoms with E-state index in [4.69, 9.17) is 4.98 Å². The van der Waals surface area contributed by atoms with Crippen molar-refractivity contribution in [2.24, 2.45) is 5.92 Å². The lowest BCUT2D eigenvalue weighted by molar-refractivity contribution is -0.146. The summed E-state index contributed by atoms with van der Waals surface area (Å²) in [6, 6.07) is 6.20. The highest BCUT2D eigenvalue weighted by Gasteiger charge is 2.36. The van der Waals surface area contributed by atoms with Crippen molar-refractivity contribution in [1.29, 1.82) is 0 Å². The number of hydrogen-bond donors (Lipinski definition) is 2. The SMILES string of the molecule is C[C@H]1CC[C@H](c2ccc3sc(C4CCN(C)C(C)(C)C4)nc3c2)N(C(=O)C(=O)Nc2cncc3cn[nH]c23)C1. The summed E-state index contributed by atoms with van der Waals surface area (Å²) >= 11 is 1.79. The number of aromatic amines is 1. The summed E-state index contributed by atoms with van der Waals surface area (Å²) in [6.45, 7) is 8.35. The predicted octanol–water partition coefficient (Wildman–Crippen LogP) is 5.09. The quantitative estimate of drug-likeness (QED) is 0.347. The molecule has 10 heteroatoms. The molecule has 2 N–H and O–H groups in total. The van der Waals surface area contributed by atoms with Crippen LogP contribution < -0.4 is 5.32 Å². The average molecular weight is 546 g/mol. The van der Waals surface area contributed by atoms with E-state index in [0.29, 0.717) is 29.6 Å². The van der Waals surface area contributed by atoms with Gasteiger partial charge in [0.1, 0.15) is 0 Å². The number of anilines is 1. The fourth-order valence-electron chi connectivity index (χ4n) is 6.06. The number of rotatable bonds is 3. The van der Waals surface area contributed by atoms with E-state index in [9.17, 15) is 9.59 Å². The Morgan fingerprint density at radius 1 is 1.15 bits per heavy atom. The maximum absolute atomic E-state index is 13.5. The zero-order valence-corrected chi connectivity index (χ0v) is 23.7. The highest BCUT2D eigenvalue weighted by Crippen LogP contribution is 2.41. The zero-order chi connectivity index (χ0) is 27.3. The Morgan fingerprint density at radius 3 is 2.82 bits per heavy atom. The van der Waals surface area contributed by atoms with Gasteiger partial charge < -0.3 is 15.1 Å². The van der Waals surface area contributed by atoms with Gasteiger partial charge in [0.15, 0.2) is 0 Å². The maximum Gasteiger partial charge on any atom is 0.314 e. The topological polar surface area (TPSA) is 107 Å². The molecule has 6 rings (SSSR count). The van der Waals surface area contributed by atoms with Crippen molar-refractivity contribution in [3.05, 3.63) is 47.4 Å². The molecule has 0 aliphatic carbocycles. The van der Waals surface area contributed by atoms with E-state index < -0.39 is 11.8 Å². The molecule has 0 radical (unpaired) electrons. The van der Waals surface area contributed by atoms with Crippen LogP contribution in [0.2, 0.25) is 0 Å². The van der Waals surface area contributed by atoms with E-state index in [1.165, 1.54) is 15.9 Å². The first-order valence-corrected chi connectivity index (χ1v) is 14.5. The fourth-order valence-corrected chi connectivity index (χ4v) is 7.14. The third kappa shape index (κ3) is 4.91. The molecule has 1 unspecified atom stereocenters. The molecule has 0 bridgehead atoms. The molecule has 4 aromatic rings. The van der Waals surface area contributed by atoms with Gasteiger partial charge in [0, 0.05) is 29.6 Å². The van der Waals surface area contributed by atoms with Crippen molar-refractivity contribution in [1.82, 2.24) is 30.0 Å². The first-order valence-electron chi connectivity index (χ1n) is 13.7. The number of hydrogen-bond acceptors (Lipinski definition) is 7. The van der Waals surface area contributed by atoms with Crippen molar-refractivity contribution < 1.29 is 9.59 Å². The van der Waals surface area contributed by atoms with E-state index in [1.807, 2.05) is 0 Å². The summed E-state index contributed by atoms with van der Waals surface area (Å²) in [5.41, 5.74) is 3.27. The van der Waals surface area contributed by atoms with Crippen molar-refractivity contribution in [3.63, 3.8) is 0 Å². The second-order valence-electron chi connectivity index (χ2n) is 11.8. The monoisotopic (exact) mass is 545 g/mol. The van der Waals surface area contributed by atoms with Gasteiger partial charge in [0.25, 0.3) is 0 Å². The molecule has 2 fully saturated rings. The van der Waals surface area contributed by atoms with Crippen LogP contribution in [0, 0.1) is 5.92 Å². The number of fused-ring (bicyclic) bond motifs is 2. The Labute approximate surface area is 232 Å². The Hall–Kier alpha value is -3.37. The number of carbonyl (C=O) groups excluding carboxylic acids is 2. The minimum Gasteiger partial charge on any atom is -0.327 e. The molecule has 2 aliphatic rings. The van der Waals surface area contributed by atoms with E-state index in [-0.39, 0.29) is 11.6 Å². The van der Waals surface area contributed by atoms with Crippen LogP contribution in [-0.4, -0.2) is 67.5 Å². The van der Waals surface area contributed by atoms with Crippen LogP contribution >= 0.6 is 11.3 Å². The Morgan fingerprint density at radius 2 is 2.00 bits per heavy atom. The van der Waals surface area contributed by atoms with E-state index >= 15 is 0 Å². The first-order chi connectivity index (χ1) is 18.7. The van der Waals surface area contributed by atoms with Gasteiger partial charge in [-0.2, -0.15) is 5.10 Å². The third-order valence-electron chi connectivity index (χ3n) is 8.63. The van der Waals surface area contributed by atoms with Crippen LogP contribution in [0.15, 0.2) is 36.8 Å². The number of H-pyrrole nitrogens is 1. The van der Waals surface area contributed by atoms with Crippen molar-refractivity contribution in [3.8, 4) is 0 Å². The molecular weight excluding hydrogens is 510 g/mol. The number of nitrogens with one attached hydrogen (secondary N) is 2. The molecule has 2 amide bonds. The standard InChI is InChI=1S/C29H35N7O2S/c1-17-5-7-23(36(16-17)28(38)26(37)32-22-15-30-13-20-14-31-34-25(20)22)18-6-8-24-21(11-18)33-27(39-24)19-9-10-35(4)29(2,3)12-19/h6,8,11,13-15,17,19,23H,5,7,9-10,12,16H2,1-4H3,(H,31,34)(H,32,37)/t17-,19?,23+/m0/s1. The normalized spacial score (nSPS) is 23.8. The molecule has 0 spiro atoms. The third-order valence-corrected chi connectivity index (χ3v) is 9.83. The maximum atomic E-state index is 13.5. The average Bonchev–Trinajstić information content (AvgIpc) is 3.57. The molecule has 0 saturated carbocycles. The smallest absolute Gasteiger partial charge is 0.314 e. The highest BCUT2D eigenvalue weighted by atomic mass is 32.1. The largest absolute Gasteiger partial charge is 0.327 e. The summed E-state index contributed by atoms with van der Waals surface area (Å²) in [5, 5.41) is 11.6. The molecule has 1 aromatic carbocycles. The van der Waals surface area contributed by atoms with Gasteiger partial charge in [-0.25, -0.2) is 4.98 Å². The van der Waals surface area contributed by atoms with Crippen molar-refractivity contribution in [2.45, 2.75) is 64.0 Å². The van der Waals surface area contributed by atoms with Crippen molar-refractivity contribution in [2.75, 3.05) is 25.5 Å². The summed E-state index contributed by atoms with van der Waals surface area (Å²) in [6.07, 6.45) is 8.84. The van der Waals surface area contributed by atoms with E-state index in [2.05, 4.69) is 71.4 Å². The number of thiazole rings is 1. The van der Waals surface area contributed by atoms with Gasteiger partial charge in [-0.1, -0.05) is 13.0 Å². The van der Waals surface area contributed by atoms with E-state index in [1.54, 1.807) is 28.6 Å². The van der Waals surface area contributed by atoms with Crippen LogP contribution in [-0.2, 0) is 9.59 Å². The Balaban J connectivity index is 1.24. The number of aromatic nitrogens is 4. The molecule has 2 aliphatic heterocycles. The van der Waals surface area contributed by atoms with E-state index in [0.717, 1.165) is 48.7 Å². The number of nitrogens with zero attached hydrogens (tertiary/aromatic N) is 5. The molecule has 3 aromatic heterocycles. The highest BCUT2D eigenvalue weighted by molar-refractivity contribution is 7.18. The lowest BCUT2D eigenvalue weighted by atomic mass is 9.83. The zero-order valence-electron chi connectivity index (χ0n) is 22.9. The molecule has 204 valence electrons. The number of pyridine rings is 1. The minimum absolute atomic E-state index is 0.158. The molecule has 5 heterocycles. The molecular formula is C29H35N7O2S. The number of benzene rings is 1. The van der Waals surface area contributed by atoms with Crippen LogP contribution in [0.3, 0.4) is 0 Å². The first kappa shape index (κ1) is 25.9. The minimum atomic E-state index is -0.667. The number of likely N-dealkylation sites (tertiary alicyclic amines) is 2. The van der Waals surface area contributed by atoms with Gasteiger partial charge in [0.2, 0.25) is 0 Å². The molecule has 2 saturated heterocycles. The van der Waals surface area contributed by atoms with Gasteiger partial charge in [-0.3, -0.25) is 19.7 Å². The van der Waals surface area contributed by atoms with Gasteiger partial charge in [-0.05, 0) is 76.7 Å². The number of amides is 2. The lowest BCUT2D eigenvalue weighted by Gasteiger charge is -2.43. The second kappa shape index (κ2) is 9.98.